The fourth-order valence-corrected chi connectivity index (χ4v) is 3.03. The maximum absolute atomic E-state index is 12.1. The van der Waals surface area contributed by atoms with Crippen molar-refractivity contribution in [2.24, 2.45) is 5.11 Å². The number of esters is 1. The number of hydrogen-bond donors (Lipinski definition) is 1. The number of rotatable bonds is 7. The summed E-state index contributed by atoms with van der Waals surface area (Å²) in [5.74, 6) is -0.592. The van der Waals surface area contributed by atoms with Crippen molar-refractivity contribution in [1.82, 2.24) is 0 Å². The fraction of sp³-hybridized carbons (Fsp3) is 0.933. The molecule has 0 aromatic rings. The van der Waals surface area contributed by atoms with Crippen LogP contribution in [0.25, 0.3) is 10.4 Å². The molecule has 0 bridgehead atoms. The summed E-state index contributed by atoms with van der Waals surface area (Å²) in [6.07, 6.45) is -4.94. The van der Waals surface area contributed by atoms with Crippen LogP contribution in [0, 0.1) is 0 Å². The molecule has 0 radical (unpaired) electrons. The molecule has 7 atom stereocenters. The van der Waals surface area contributed by atoms with Gasteiger partial charge in [-0.1, -0.05) is 5.11 Å². The number of ether oxygens (including phenoxy) is 6. The summed E-state index contributed by atoms with van der Waals surface area (Å²) in [4.78, 5) is 14.9. The van der Waals surface area contributed by atoms with Crippen molar-refractivity contribution >= 4 is 5.97 Å². The van der Waals surface area contributed by atoms with E-state index in [9.17, 15) is 9.90 Å². The van der Waals surface area contributed by atoms with Gasteiger partial charge in [0.15, 0.2) is 12.4 Å². The van der Waals surface area contributed by atoms with Crippen LogP contribution >= 0.6 is 0 Å². The standard InChI is InChI=1S/C15H25N3O8/c1-4-22-15(20)10-5-9(19)12(17-18-16)14(26-10)13-11(24-7-21-3)6-23-8(2)25-13/h8-14,19H,4-7H2,1-3H3/t8-,9+,10+,11-,12-,13-,14-/m1/s1. The minimum atomic E-state index is -1.09. The maximum atomic E-state index is 12.1. The molecule has 0 aliphatic carbocycles. The zero-order valence-electron chi connectivity index (χ0n) is 15.0. The summed E-state index contributed by atoms with van der Waals surface area (Å²) < 4.78 is 32.5. The highest BCUT2D eigenvalue weighted by Crippen LogP contribution is 2.31. The number of nitrogens with zero attached hydrogens (tertiary/aromatic N) is 3. The molecule has 0 aromatic heterocycles. The summed E-state index contributed by atoms with van der Waals surface area (Å²) in [5, 5.41) is 14.1. The molecule has 0 saturated carbocycles. The summed E-state index contributed by atoms with van der Waals surface area (Å²) >= 11 is 0. The van der Waals surface area contributed by atoms with Crippen molar-refractivity contribution < 1.29 is 38.3 Å². The molecule has 0 amide bonds. The fourth-order valence-electron chi connectivity index (χ4n) is 3.03. The van der Waals surface area contributed by atoms with Crippen molar-refractivity contribution in [2.45, 2.75) is 63.1 Å². The Morgan fingerprint density at radius 1 is 1.38 bits per heavy atom. The SMILES string of the molecule is CCOC(=O)[C@@H]1C[C@H](O)[C@@H](N=[N+]=[N-])[C@H]([C@@H]2O[C@H](C)OC[C@H]2OCOC)O1. The summed E-state index contributed by atoms with van der Waals surface area (Å²) in [6, 6.07) is -0.949. The summed E-state index contributed by atoms with van der Waals surface area (Å²) in [7, 11) is 1.47. The Hall–Kier alpha value is -1.46. The average Bonchev–Trinajstić information content (AvgIpc) is 2.62. The number of methoxy groups -OCH3 is 1. The van der Waals surface area contributed by atoms with Crippen LogP contribution in [-0.4, -0.2) is 81.0 Å². The second kappa shape index (κ2) is 10.0. The van der Waals surface area contributed by atoms with Gasteiger partial charge >= 0.3 is 5.97 Å². The largest absolute Gasteiger partial charge is 0.464 e. The van der Waals surface area contributed by atoms with Gasteiger partial charge in [0, 0.05) is 18.4 Å². The third kappa shape index (κ3) is 5.04. The highest BCUT2D eigenvalue weighted by atomic mass is 16.7. The molecule has 2 heterocycles. The van der Waals surface area contributed by atoms with E-state index in [1.165, 1.54) is 7.11 Å². The lowest BCUT2D eigenvalue weighted by atomic mass is 9.90. The smallest absolute Gasteiger partial charge is 0.335 e. The number of azide groups is 1. The van der Waals surface area contributed by atoms with Crippen LogP contribution in [0.5, 0.6) is 0 Å². The number of aliphatic hydroxyl groups is 1. The van der Waals surface area contributed by atoms with Gasteiger partial charge in [0.25, 0.3) is 0 Å². The van der Waals surface area contributed by atoms with Crippen LogP contribution < -0.4 is 0 Å². The first-order valence-corrected chi connectivity index (χ1v) is 8.43. The molecule has 148 valence electrons. The van der Waals surface area contributed by atoms with Crippen molar-refractivity contribution in [2.75, 3.05) is 27.1 Å². The minimum absolute atomic E-state index is 0.00890. The number of hydrogen-bond acceptors (Lipinski definition) is 9. The molecule has 0 spiro atoms. The third-order valence-corrected chi connectivity index (χ3v) is 4.18. The number of carbonyl (C=O) groups is 1. The molecule has 0 unspecified atom stereocenters. The highest BCUT2D eigenvalue weighted by Gasteiger charge is 2.49. The summed E-state index contributed by atoms with van der Waals surface area (Å²) in [5.41, 5.74) is 8.85. The van der Waals surface area contributed by atoms with Crippen LogP contribution in [0.4, 0.5) is 0 Å². The van der Waals surface area contributed by atoms with E-state index in [1.807, 2.05) is 0 Å². The quantitative estimate of drug-likeness (QED) is 0.223. The van der Waals surface area contributed by atoms with Crippen LogP contribution in [0.1, 0.15) is 20.3 Å². The third-order valence-electron chi connectivity index (χ3n) is 4.18. The zero-order chi connectivity index (χ0) is 19.1. The van der Waals surface area contributed by atoms with E-state index in [0.29, 0.717) is 0 Å². The van der Waals surface area contributed by atoms with E-state index in [4.69, 9.17) is 34.0 Å². The Bertz CT molecular complexity index is 513. The van der Waals surface area contributed by atoms with E-state index < -0.39 is 48.8 Å². The van der Waals surface area contributed by atoms with Gasteiger partial charge < -0.3 is 33.5 Å². The van der Waals surface area contributed by atoms with Gasteiger partial charge in [-0.15, -0.1) is 0 Å². The van der Waals surface area contributed by atoms with E-state index >= 15 is 0 Å². The van der Waals surface area contributed by atoms with Crippen LogP contribution in [-0.2, 0) is 33.2 Å². The Kier molecular flexibility index (Phi) is 8.04. The van der Waals surface area contributed by atoms with Crippen molar-refractivity contribution in [3.8, 4) is 0 Å². The van der Waals surface area contributed by atoms with E-state index in [-0.39, 0.29) is 26.4 Å². The molecule has 2 aliphatic heterocycles. The topological polar surface area (TPSA) is 141 Å². The second-order valence-corrected chi connectivity index (χ2v) is 5.95. The van der Waals surface area contributed by atoms with Crippen molar-refractivity contribution in [1.29, 1.82) is 0 Å². The normalized spacial score (nSPS) is 37.6. The summed E-state index contributed by atoms with van der Waals surface area (Å²) in [6.45, 7) is 3.74. The first-order valence-electron chi connectivity index (χ1n) is 8.43. The molecule has 2 aliphatic rings. The minimum Gasteiger partial charge on any atom is -0.464 e. The van der Waals surface area contributed by atoms with Gasteiger partial charge in [0.1, 0.15) is 19.0 Å². The first kappa shape index (κ1) is 20.8. The van der Waals surface area contributed by atoms with Crippen LogP contribution in [0.15, 0.2) is 5.11 Å². The van der Waals surface area contributed by atoms with Gasteiger partial charge in [0.05, 0.1) is 31.5 Å². The average molecular weight is 375 g/mol. The lowest BCUT2D eigenvalue weighted by Crippen LogP contribution is -2.61. The molecular formula is C15H25N3O8. The lowest BCUT2D eigenvalue weighted by Gasteiger charge is -2.45. The lowest BCUT2D eigenvalue weighted by molar-refractivity contribution is -0.298. The molecule has 11 heteroatoms. The molecule has 11 nitrogen and oxygen atoms in total. The molecule has 1 N–H and O–H groups in total. The van der Waals surface area contributed by atoms with Gasteiger partial charge in [-0.2, -0.15) is 0 Å². The maximum Gasteiger partial charge on any atom is 0.335 e. The monoisotopic (exact) mass is 375 g/mol. The van der Waals surface area contributed by atoms with E-state index in [2.05, 4.69) is 10.0 Å². The van der Waals surface area contributed by atoms with E-state index in [1.54, 1.807) is 13.8 Å². The van der Waals surface area contributed by atoms with Gasteiger partial charge in [-0.3, -0.25) is 0 Å². The van der Waals surface area contributed by atoms with Gasteiger partial charge in [0.2, 0.25) is 0 Å². The Labute approximate surface area is 151 Å². The predicted molar refractivity (Wildman–Crippen MR) is 85.9 cm³/mol. The molecule has 2 saturated heterocycles. The molecular weight excluding hydrogens is 350 g/mol. The van der Waals surface area contributed by atoms with Crippen molar-refractivity contribution in [3.63, 3.8) is 0 Å². The first-order chi connectivity index (χ1) is 12.5. The molecule has 2 fully saturated rings. The van der Waals surface area contributed by atoms with E-state index in [0.717, 1.165) is 0 Å². The Balaban J connectivity index is 2.24. The Morgan fingerprint density at radius 3 is 2.81 bits per heavy atom. The molecule has 0 aromatic carbocycles. The predicted octanol–water partition coefficient (Wildman–Crippen LogP) is 0.497. The molecule has 26 heavy (non-hydrogen) atoms. The van der Waals surface area contributed by atoms with Gasteiger partial charge in [-0.25, -0.2) is 4.79 Å². The molecule has 2 rings (SSSR count). The highest BCUT2D eigenvalue weighted by molar-refractivity contribution is 5.75. The Morgan fingerprint density at radius 2 is 2.15 bits per heavy atom. The van der Waals surface area contributed by atoms with Crippen molar-refractivity contribution in [3.05, 3.63) is 10.4 Å². The number of aliphatic hydroxyl groups excluding tert-OH is 1. The second-order valence-electron chi connectivity index (χ2n) is 5.95. The van der Waals surface area contributed by atoms with Gasteiger partial charge in [-0.05, 0) is 19.4 Å². The number of carbonyl (C=O) groups excluding carboxylic acids is 1. The zero-order valence-corrected chi connectivity index (χ0v) is 15.0. The van der Waals surface area contributed by atoms with Crippen LogP contribution in [0.3, 0.4) is 0 Å². The van der Waals surface area contributed by atoms with Crippen LogP contribution in [0.2, 0.25) is 0 Å².